The number of sulfonamides is 1. The van der Waals surface area contributed by atoms with Crippen LogP contribution in [0.2, 0.25) is 0 Å². The molecule has 4 nitrogen and oxygen atoms in total. The van der Waals surface area contributed by atoms with Gasteiger partial charge in [-0.05, 0) is 39.8 Å². The average Bonchev–Trinajstić information content (AvgIpc) is 2.70. The molecule has 1 aromatic heterocycles. The van der Waals surface area contributed by atoms with Gasteiger partial charge < -0.3 is 5.11 Å². The Balaban J connectivity index is 2.87. The van der Waals surface area contributed by atoms with E-state index < -0.39 is 10.0 Å². The molecule has 0 amide bonds. The molecule has 1 rings (SSSR count). The van der Waals surface area contributed by atoms with Crippen LogP contribution in [0.4, 0.5) is 0 Å². The topological polar surface area (TPSA) is 66.4 Å². The lowest BCUT2D eigenvalue weighted by molar-refractivity contribution is 0.285. The van der Waals surface area contributed by atoms with Crippen molar-refractivity contribution in [1.29, 1.82) is 0 Å². The largest absolute Gasteiger partial charge is 0.391 e. The Morgan fingerprint density at radius 2 is 1.85 bits per heavy atom. The number of hydrogen-bond acceptors (Lipinski definition) is 4. The molecule has 0 unspecified atom stereocenters. The van der Waals surface area contributed by atoms with E-state index >= 15 is 0 Å². The molecule has 1 heterocycles. The lowest BCUT2D eigenvalue weighted by Gasteiger charge is -2.24. The van der Waals surface area contributed by atoms with Gasteiger partial charge in [-0.3, -0.25) is 0 Å². The van der Waals surface area contributed by atoms with Crippen molar-refractivity contribution in [2.45, 2.75) is 39.2 Å². The summed E-state index contributed by atoms with van der Waals surface area (Å²) in [6.45, 7) is 8.67. The van der Waals surface area contributed by atoms with Crippen LogP contribution in [0.3, 0.4) is 0 Å². The van der Waals surface area contributed by atoms with E-state index in [1.54, 1.807) is 0 Å². The SMILES string of the molecule is CC(C)C(CNS(=O)(=O)c1cc(CO)sc1Br)C(C)C. The van der Waals surface area contributed by atoms with Crippen LogP contribution in [0.1, 0.15) is 32.6 Å². The first kappa shape index (κ1) is 18.1. The number of aliphatic hydroxyl groups excluding tert-OH is 1. The number of hydrogen-bond donors (Lipinski definition) is 2. The number of rotatable bonds is 7. The molecule has 0 saturated carbocycles. The van der Waals surface area contributed by atoms with Crippen LogP contribution >= 0.6 is 27.3 Å². The molecular weight excluding hydrogens is 362 g/mol. The molecule has 0 atom stereocenters. The monoisotopic (exact) mass is 383 g/mol. The smallest absolute Gasteiger partial charge is 0.242 e. The highest BCUT2D eigenvalue weighted by atomic mass is 79.9. The van der Waals surface area contributed by atoms with Crippen molar-refractivity contribution in [1.82, 2.24) is 4.72 Å². The number of halogens is 1. The van der Waals surface area contributed by atoms with Crippen LogP contribution in [0.25, 0.3) is 0 Å². The Morgan fingerprint density at radius 3 is 2.25 bits per heavy atom. The quantitative estimate of drug-likeness (QED) is 0.759. The van der Waals surface area contributed by atoms with Gasteiger partial charge in [-0.1, -0.05) is 27.7 Å². The van der Waals surface area contributed by atoms with Crippen LogP contribution in [0.15, 0.2) is 14.7 Å². The first-order valence-electron chi connectivity index (χ1n) is 6.57. The van der Waals surface area contributed by atoms with E-state index in [2.05, 4.69) is 48.3 Å². The van der Waals surface area contributed by atoms with Crippen LogP contribution in [0, 0.1) is 17.8 Å². The minimum absolute atomic E-state index is 0.153. The molecule has 0 aliphatic rings. The average molecular weight is 384 g/mol. The van der Waals surface area contributed by atoms with Crippen molar-refractivity contribution >= 4 is 37.3 Å². The summed E-state index contributed by atoms with van der Waals surface area (Å²) in [6.07, 6.45) is 0. The summed E-state index contributed by atoms with van der Waals surface area (Å²) >= 11 is 4.48. The number of thiophene rings is 1. The van der Waals surface area contributed by atoms with E-state index in [4.69, 9.17) is 5.11 Å². The first-order chi connectivity index (χ1) is 9.19. The molecule has 2 N–H and O–H groups in total. The minimum atomic E-state index is -3.54. The van der Waals surface area contributed by atoms with E-state index in [1.165, 1.54) is 17.4 Å². The molecule has 0 bridgehead atoms. The van der Waals surface area contributed by atoms with Crippen LogP contribution in [-0.2, 0) is 16.6 Å². The Labute approximate surface area is 133 Å². The van der Waals surface area contributed by atoms with Gasteiger partial charge in [0.15, 0.2) is 0 Å². The third-order valence-electron chi connectivity index (χ3n) is 3.37. The Kier molecular flexibility index (Phi) is 6.66. The van der Waals surface area contributed by atoms with Crippen molar-refractivity contribution in [3.05, 3.63) is 14.7 Å². The highest BCUT2D eigenvalue weighted by molar-refractivity contribution is 9.11. The molecule has 0 aliphatic carbocycles. The van der Waals surface area contributed by atoms with Gasteiger partial charge in [0.2, 0.25) is 10.0 Å². The van der Waals surface area contributed by atoms with E-state index in [9.17, 15) is 8.42 Å². The summed E-state index contributed by atoms with van der Waals surface area (Å²) in [5.41, 5.74) is 0. The number of nitrogens with one attached hydrogen (secondary N) is 1. The second-order valence-corrected chi connectivity index (χ2v) is 9.70. The van der Waals surface area contributed by atoms with Crippen molar-refractivity contribution in [3.8, 4) is 0 Å². The van der Waals surface area contributed by atoms with Gasteiger partial charge >= 0.3 is 0 Å². The Hall–Kier alpha value is 0.0500. The molecule has 0 aromatic carbocycles. The lowest BCUT2D eigenvalue weighted by Crippen LogP contribution is -2.33. The fraction of sp³-hybridized carbons (Fsp3) is 0.692. The summed E-state index contributed by atoms with van der Waals surface area (Å²) in [5, 5.41) is 9.08. The van der Waals surface area contributed by atoms with Gasteiger partial charge in [-0.15, -0.1) is 11.3 Å². The summed E-state index contributed by atoms with van der Waals surface area (Å²) in [6, 6.07) is 1.51. The predicted octanol–water partition coefficient (Wildman–Crippen LogP) is 3.21. The molecule has 0 aliphatic heterocycles. The fourth-order valence-electron chi connectivity index (χ4n) is 2.18. The lowest BCUT2D eigenvalue weighted by atomic mass is 9.86. The van der Waals surface area contributed by atoms with Crippen molar-refractivity contribution < 1.29 is 13.5 Å². The fourth-order valence-corrected chi connectivity index (χ4v) is 5.80. The molecular formula is C13H22BrNO3S2. The van der Waals surface area contributed by atoms with E-state index in [1.807, 2.05) is 0 Å². The zero-order valence-corrected chi connectivity index (χ0v) is 15.4. The number of aliphatic hydroxyl groups is 1. The maximum Gasteiger partial charge on any atom is 0.242 e. The van der Waals surface area contributed by atoms with Gasteiger partial charge in [-0.25, -0.2) is 13.1 Å². The minimum Gasteiger partial charge on any atom is -0.391 e. The van der Waals surface area contributed by atoms with Gasteiger partial charge in [-0.2, -0.15) is 0 Å². The van der Waals surface area contributed by atoms with Crippen LogP contribution in [0.5, 0.6) is 0 Å². The normalized spacial score (nSPS) is 12.8. The molecule has 116 valence electrons. The van der Waals surface area contributed by atoms with E-state index in [0.29, 0.717) is 33.0 Å². The van der Waals surface area contributed by atoms with E-state index in [-0.39, 0.29) is 11.5 Å². The van der Waals surface area contributed by atoms with Gasteiger partial charge in [0.05, 0.1) is 10.4 Å². The van der Waals surface area contributed by atoms with Gasteiger partial charge in [0, 0.05) is 11.4 Å². The first-order valence-corrected chi connectivity index (χ1v) is 9.67. The summed E-state index contributed by atoms with van der Waals surface area (Å²) in [5.74, 6) is 1.12. The molecule has 0 spiro atoms. The second kappa shape index (κ2) is 7.35. The summed E-state index contributed by atoms with van der Waals surface area (Å²) in [4.78, 5) is 0.833. The predicted molar refractivity (Wildman–Crippen MR) is 86.3 cm³/mol. The van der Waals surface area contributed by atoms with Crippen molar-refractivity contribution in [2.75, 3.05) is 6.54 Å². The van der Waals surface area contributed by atoms with Gasteiger partial charge in [0.1, 0.15) is 4.90 Å². The molecule has 0 radical (unpaired) electrons. The third kappa shape index (κ3) is 4.53. The Bertz CT molecular complexity index is 530. The molecule has 7 heteroatoms. The highest BCUT2D eigenvalue weighted by Crippen LogP contribution is 2.32. The molecule has 20 heavy (non-hydrogen) atoms. The van der Waals surface area contributed by atoms with Crippen LogP contribution in [-0.4, -0.2) is 20.1 Å². The Morgan fingerprint density at radius 1 is 1.30 bits per heavy atom. The van der Waals surface area contributed by atoms with Crippen molar-refractivity contribution in [2.24, 2.45) is 17.8 Å². The highest BCUT2D eigenvalue weighted by Gasteiger charge is 2.24. The van der Waals surface area contributed by atoms with Gasteiger partial charge in [0.25, 0.3) is 0 Å². The van der Waals surface area contributed by atoms with Crippen molar-refractivity contribution in [3.63, 3.8) is 0 Å². The van der Waals surface area contributed by atoms with Crippen LogP contribution < -0.4 is 4.72 Å². The molecule has 0 saturated heterocycles. The second-order valence-electron chi connectivity index (χ2n) is 5.51. The summed E-state index contributed by atoms with van der Waals surface area (Å²) in [7, 11) is -3.54. The third-order valence-corrected chi connectivity index (χ3v) is 7.03. The molecule has 1 aromatic rings. The standard InChI is InChI=1S/C13H22BrNO3S2/c1-8(2)11(9(3)4)6-15-20(17,18)12-5-10(7-16)19-13(12)14/h5,8-9,11,15-16H,6-7H2,1-4H3. The zero-order chi connectivity index (χ0) is 15.5. The summed E-state index contributed by atoms with van der Waals surface area (Å²) < 4.78 is 27.8. The van der Waals surface area contributed by atoms with E-state index in [0.717, 1.165) is 0 Å². The molecule has 0 fully saturated rings. The maximum absolute atomic E-state index is 12.3. The zero-order valence-electron chi connectivity index (χ0n) is 12.2. The maximum atomic E-state index is 12.3.